The van der Waals surface area contributed by atoms with Gasteiger partial charge in [0, 0.05) is 12.1 Å². The predicted octanol–water partition coefficient (Wildman–Crippen LogP) is 2.97. The maximum absolute atomic E-state index is 11.0. The Hall–Kier alpha value is -3.69. The first-order valence-electron chi connectivity index (χ1n) is 8.01. The highest BCUT2D eigenvalue weighted by molar-refractivity contribution is 5.86. The summed E-state index contributed by atoms with van der Waals surface area (Å²) in [6.07, 6.45) is 3.76. The average molecular weight is 373 g/mol. The highest BCUT2D eigenvalue weighted by atomic mass is 16.5. The van der Waals surface area contributed by atoms with Gasteiger partial charge in [0.25, 0.3) is 0 Å². The summed E-state index contributed by atoms with van der Waals surface area (Å²) in [5.74, 6) is -2.12. The normalized spacial score (nSPS) is 10.7. The van der Waals surface area contributed by atoms with Crippen LogP contribution in [0.1, 0.15) is 40.7 Å². The molecule has 10 heteroatoms. The van der Waals surface area contributed by atoms with E-state index in [0.29, 0.717) is 12.4 Å². The summed E-state index contributed by atoms with van der Waals surface area (Å²) in [5.41, 5.74) is -0.145. The van der Waals surface area contributed by atoms with Gasteiger partial charge >= 0.3 is 11.9 Å². The van der Waals surface area contributed by atoms with Crippen LogP contribution in [0.5, 0.6) is 5.75 Å². The SMILES string of the molecule is CCCCOc1cc(-c2nc(C(=O)O)co2)nc(-c2nc(C(=O)O)co2)c1. The minimum atomic E-state index is -1.24. The maximum Gasteiger partial charge on any atom is 0.357 e. The van der Waals surface area contributed by atoms with Crippen molar-refractivity contribution in [3.8, 4) is 28.9 Å². The third-order valence-corrected chi connectivity index (χ3v) is 3.45. The molecular formula is C17H15N3O7. The maximum atomic E-state index is 11.0. The van der Waals surface area contributed by atoms with E-state index in [2.05, 4.69) is 15.0 Å². The van der Waals surface area contributed by atoms with Gasteiger partial charge in [-0.05, 0) is 6.42 Å². The molecule has 0 amide bonds. The Morgan fingerprint density at radius 2 is 1.48 bits per heavy atom. The number of ether oxygens (including phenoxy) is 1. The van der Waals surface area contributed by atoms with Gasteiger partial charge in [0.1, 0.15) is 29.7 Å². The van der Waals surface area contributed by atoms with Gasteiger partial charge in [0.2, 0.25) is 11.8 Å². The van der Waals surface area contributed by atoms with Gasteiger partial charge in [0.05, 0.1) is 6.61 Å². The summed E-state index contributed by atoms with van der Waals surface area (Å²) in [4.78, 5) is 34.0. The van der Waals surface area contributed by atoms with Gasteiger partial charge in [-0.2, -0.15) is 0 Å². The quantitative estimate of drug-likeness (QED) is 0.564. The Labute approximate surface area is 152 Å². The molecule has 27 heavy (non-hydrogen) atoms. The molecule has 0 aliphatic carbocycles. The van der Waals surface area contributed by atoms with Crippen LogP contribution in [0.15, 0.2) is 33.5 Å². The van der Waals surface area contributed by atoms with E-state index in [9.17, 15) is 9.59 Å². The fourth-order valence-electron chi connectivity index (χ4n) is 2.12. The molecule has 0 unspecified atom stereocenters. The second-order valence-corrected chi connectivity index (χ2v) is 5.46. The van der Waals surface area contributed by atoms with Crippen molar-refractivity contribution in [1.29, 1.82) is 0 Å². The number of nitrogens with zero attached hydrogens (tertiary/aromatic N) is 3. The zero-order valence-electron chi connectivity index (χ0n) is 14.2. The molecule has 0 aromatic carbocycles. The van der Waals surface area contributed by atoms with Gasteiger partial charge in [-0.25, -0.2) is 24.5 Å². The van der Waals surface area contributed by atoms with E-state index < -0.39 is 11.9 Å². The molecule has 0 aliphatic rings. The molecule has 140 valence electrons. The monoisotopic (exact) mass is 373 g/mol. The largest absolute Gasteiger partial charge is 0.493 e. The van der Waals surface area contributed by atoms with Crippen LogP contribution in [0.4, 0.5) is 0 Å². The van der Waals surface area contributed by atoms with E-state index in [0.717, 1.165) is 25.4 Å². The second kappa shape index (κ2) is 7.68. The van der Waals surface area contributed by atoms with Crippen molar-refractivity contribution in [3.63, 3.8) is 0 Å². The minimum Gasteiger partial charge on any atom is -0.493 e. The fraction of sp³-hybridized carbons (Fsp3) is 0.235. The van der Waals surface area contributed by atoms with Crippen molar-refractivity contribution in [2.45, 2.75) is 19.8 Å². The zero-order chi connectivity index (χ0) is 19.4. The lowest BCUT2D eigenvalue weighted by Crippen LogP contribution is -2.00. The minimum absolute atomic E-state index is 0.0281. The smallest absolute Gasteiger partial charge is 0.357 e. The molecule has 3 rings (SSSR count). The summed E-state index contributed by atoms with van der Waals surface area (Å²) in [7, 11) is 0. The lowest BCUT2D eigenvalue weighted by molar-refractivity contribution is 0.0679. The second-order valence-electron chi connectivity index (χ2n) is 5.46. The third-order valence-electron chi connectivity index (χ3n) is 3.45. The number of hydrogen-bond donors (Lipinski definition) is 2. The van der Waals surface area contributed by atoms with Crippen LogP contribution < -0.4 is 4.74 Å². The summed E-state index contributed by atoms with van der Waals surface area (Å²) in [5, 5.41) is 18.0. The third kappa shape index (κ3) is 4.11. The van der Waals surface area contributed by atoms with Gasteiger partial charge < -0.3 is 23.8 Å². The van der Waals surface area contributed by atoms with Crippen LogP contribution in [0.2, 0.25) is 0 Å². The lowest BCUT2D eigenvalue weighted by atomic mass is 10.2. The molecule has 0 atom stereocenters. The molecular weight excluding hydrogens is 358 g/mol. The number of pyridine rings is 1. The number of rotatable bonds is 8. The molecule has 2 N–H and O–H groups in total. The van der Waals surface area contributed by atoms with Crippen LogP contribution in [0.25, 0.3) is 23.2 Å². The number of aromatic carboxylic acids is 2. The summed E-state index contributed by atoms with van der Waals surface area (Å²) in [6, 6.07) is 3.08. The number of carboxylic acids is 2. The number of hydrogen-bond acceptors (Lipinski definition) is 8. The fourth-order valence-corrected chi connectivity index (χ4v) is 2.12. The molecule has 0 aliphatic heterocycles. The van der Waals surface area contributed by atoms with Gasteiger partial charge in [-0.1, -0.05) is 13.3 Å². The van der Waals surface area contributed by atoms with Crippen molar-refractivity contribution in [2.24, 2.45) is 0 Å². The Morgan fingerprint density at radius 1 is 0.963 bits per heavy atom. The molecule has 0 fully saturated rings. The first kappa shape index (κ1) is 18.1. The molecule has 10 nitrogen and oxygen atoms in total. The van der Waals surface area contributed by atoms with E-state index in [1.54, 1.807) is 0 Å². The number of unbranched alkanes of at least 4 members (excludes halogenated alkanes) is 1. The highest BCUT2D eigenvalue weighted by Gasteiger charge is 2.18. The average Bonchev–Trinajstić information content (AvgIpc) is 3.32. The van der Waals surface area contributed by atoms with Gasteiger partial charge in [-0.15, -0.1) is 0 Å². The topological polar surface area (TPSA) is 149 Å². The number of oxazole rings is 2. The first-order valence-corrected chi connectivity index (χ1v) is 8.01. The van der Waals surface area contributed by atoms with Crippen molar-refractivity contribution >= 4 is 11.9 Å². The molecule has 0 saturated heterocycles. The van der Waals surface area contributed by atoms with E-state index in [4.69, 9.17) is 23.8 Å². The summed E-state index contributed by atoms with van der Waals surface area (Å²) < 4.78 is 16.0. The van der Waals surface area contributed by atoms with Crippen molar-refractivity contribution in [2.75, 3.05) is 6.61 Å². The van der Waals surface area contributed by atoms with Crippen LogP contribution in [-0.4, -0.2) is 43.7 Å². The number of aromatic nitrogens is 3. The molecule has 3 aromatic heterocycles. The van der Waals surface area contributed by atoms with E-state index in [1.165, 1.54) is 12.1 Å². The van der Waals surface area contributed by atoms with Gasteiger partial charge in [0.15, 0.2) is 11.4 Å². The zero-order valence-corrected chi connectivity index (χ0v) is 14.2. The van der Waals surface area contributed by atoms with Crippen molar-refractivity contribution in [3.05, 3.63) is 36.0 Å². The highest BCUT2D eigenvalue weighted by Crippen LogP contribution is 2.28. The Morgan fingerprint density at radius 3 is 1.89 bits per heavy atom. The molecule has 3 heterocycles. The molecule has 0 bridgehead atoms. The van der Waals surface area contributed by atoms with Crippen molar-refractivity contribution in [1.82, 2.24) is 15.0 Å². The molecule has 0 spiro atoms. The predicted molar refractivity (Wildman–Crippen MR) is 89.6 cm³/mol. The number of carboxylic acid groups (broad SMARTS) is 2. The molecule has 3 aromatic rings. The summed E-state index contributed by atoms with van der Waals surface area (Å²) in [6.45, 7) is 2.48. The van der Waals surface area contributed by atoms with Gasteiger partial charge in [-0.3, -0.25) is 0 Å². The molecule has 0 radical (unpaired) electrons. The Kier molecular flexibility index (Phi) is 5.15. The van der Waals surface area contributed by atoms with E-state index in [1.807, 2.05) is 6.92 Å². The van der Waals surface area contributed by atoms with Crippen LogP contribution in [0.3, 0.4) is 0 Å². The van der Waals surface area contributed by atoms with Crippen LogP contribution >= 0.6 is 0 Å². The lowest BCUT2D eigenvalue weighted by Gasteiger charge is -2.07. The molecule has 0 saturated carbocycles. The van der Waals surface area contributed by atoms with Crippen molar-refractivity contribution < 1.29 is 33.4 Å². The van der Waals surface area contributed by atoms with Crippen LogP contribution in [0, 0.1) is 0 Å². The first-order chi connectivity index (χ1) is 13.0. The summed E-state index contributed by atoms with van der Waals surface area (Å²) >= 11 is 0. The van der Waals surface area contributed by atoms with E-state index in [-0.39, 0.29) is 34.6 Å². The van der Waals surface area contributed by atoms with Crippen LogP contribution in [-0.2, 0) is 0 Å². The Bertz CT molecular complexity index is 906. The standard InChI is InChI=1S/C17H15N3O7/c1-2-3-4-25-9-5-10(14-19-12(7-26-14)16(21)22)18-11(6-9)15-20-13(8-27-15)17(23)24/h5-8H,2-4H2,1H3,(H,21,22)(H,23,24). The number of carbonyl (C=O) groups is 2. The Balaban J connectivity index is 2.01. The van der Waals surface area contributed by atoms with E-state index >= 15 is 0 Å².